The third-order valence-electron chi connectivity index (χ3n) is 5.75. The maximum Gasteiger partial charge on any atom is 0.273 e. The van der Waals surface area contributed by atoms with Crippen LogP contribution < -0.4 is 9.96 Å². The Balaban J connectivity index is 1.61. The molecule has 0 unspecified atom stereocenters. The van der Waals surface area contributed by atoms with E-state index in [1.807, 2.05) is 0 Å². The monoisotopic (exact) mass is 465 g/mol. The summed E-state index contributed by atoms with van der Waals surface area (Å²) >= 11 is 5.93. The summed E-state index contributed by atoms with van der Waals surface area (Å²) in [7, 11) is 0. The van der Waals surface area contributed by atoms with Gasteiger partial charge in [-0.25, -0.2) is 9.96 Å². The van der Waals surface area contributed by atoms with E-state index in [1.165, 1.54) is 17.2 Å². The fourth-order valence-corrected chi connectivity index (χ4v) is 4.40. The average Bonchev–Trinajstić information content (AvgIpc) is 3.31. The molecule has 0 aliphatic carbocycles. The molecular formula is C23H16ClN3O6. The van der Waals surface area contributed by atoms with E-state index in [4.69, 9.17) is 16.4 Å². The number of nitro groups is 1. The van der Waals surface area contributed by atoms with Crippen molar-refractivity contribution in [1.29, 1.82) is 0 Å². The first-order chi connectivity index (χ1) is 15.9. The maximum atomic E-state index is 13.5. The van der Waals surface area contributed by atoms with Gasteiger partial charge in [0.2, 0.25) is 5.91 Å². The van der Waals surface area contributed by atoms with E-state index < -0.39 is 34.8 Å². The van der Waals surface area contributed by atoms with Gasteiger partial charge in [-0.1, -0.05) is 29.8 Å². The molecule has 166 valence electrons. The zero-order valence-corrected chi connectivity index (χ0v) is 17.6. The average molecular weight is 466 g/mol. The van der Waals surface area contributed by atoms with Gasteiger partial charge < -0.3 is 5.11 Å². The lowest BCUT2D eigenvalue weighted by molar-refractivity contribution is -0.385. The summed E-state index contributed by atoms with van der Waals surface area (Å²) in [5.41, 5.74) is 0.851. The number of non-ortho nitro benzene ring substituents is 1. The zero-order chi connectivity index (χ0) is 23.3. The number of amides is 2. The Labute approximate surface area is 192 Å². The molecule has 2 aliphatic heterocycles. The number of rotatable bonds is 4. The number of hydrogen-bond donors (Lipinski definition) is 1. The molecule has 5 rings (SSSR count). The number of phenolic OH excluding ortho intramolecular Hbond substituents is 1. The lowest BCUT2D eigenvalue weighted by atomic mass is 9.90. The highest BCUT2D eigenvalue weighted by molar-refractivity contribution is 6.31. The molecule has 0 saturated carbocycles. The molecule has 2 aliphatic rings. The van der Waals surface area contributed by atoms with Crippen molar-refractivity contribution in [3.63, 3.8) is 0 Å². The van der Waals surface area contributed by atoms with E-state index >= 15 is 0 Å². The summed E-state index contributed by atoms with van der Waals surface area (Å²) in [4.78, 5) is 44.3. The van der Waals surface area contributed by atoms with Gasteiger partial charge in [0, 0.05) is 16.7 Å². The smallest absolute Gasteiger partial charge is 0.273 e. The number of nitro benzene ring substituents is 1. The van der Waals surface area contributed by atoms with Crippen molar-refractivity contribution in [2.24, 2.45) is 5.92 Å². The molecule has 0 bridgehead atoms. The molecular weight excluding hydrogens is 450 g/mol. The van der Waals surface area contributed by atoms with E-state index in [0.717, 1.165) is 11.0 Å². The highest BCUT2D eigenvalue weighted by Gasteiger charge is 2.60. The molecule has 0 aromatic heterocycles. The molecule has 1 N–H and O–H groups in total. The van der Waals surface area contributed by atoms with Crippen molar-refractivity contribution in [2.45, 2.75) is 12.1 Å². The number of nitrogens with zero attached hydrogens (tertiary/aromatic N) is 3. The van der Waals surface area contributed by atoms with Crippen LogP contribution in [0.15, 0.2) is 72.8 Å². The predicted molar refractivity (Wildman–Crippen MR) is 119 cm³/mol. The molecule has 3 aromatic carbocycles. The second kappa shape index (κ2) is 7.88. The number of phenols is 1. The maximum absolute atomic E-state index is 13.5. The van der Waals surface area contributed by atoms with Crippen molar-refractivity contribution in [1.82, 2.24) is 0 Å². The number of aromatic hydroxyl groups is 1. The van der Waals surface area contributed by atoms with Crippen molar-refractivity contribution < 1.29 is 24.5 Å². The third kappa shape index (κ3) is 3.38. The van der Waals surface area contributed by atoms with Gasteiger partial charge in [0.25, 0.3) is 11.6 Å². The van der Waals surface area contributed by atoms with Crippen LogP contribution in [0.3, 0.4) is 0 Å². The minimum Gasteiger partial charge on any atom is -0.507 e. The Morgan fingerprint density at radius 2 is 1.64 bits per heavy atom. The highest BCUT2D eigenvalue weighted by Crippen LogP contribution is 2.49. The van der Waals surface area contributed by atoms with Crippen LogP contribution in [-0.4, -0.2) is 27.9 Å². The van der Waals surface area contributed by atoms with Crippen LogP contribution in [0.1, 0.15) is 11.6 Å². The Bertz CT molecular complexity index is 1270. The van der Waals surface area contributed by atoms with Crippen LogP contribution in [0, 0.1) is 16.0 Å². The molecule has 9 nitrogen and oxygen atoms in total. The van der Waals surface area contributed by atoms with Crippen molar-refractivity contribution in [3.8, 4) is 5.75 Å². The molecule has 2 saturated heterocycles. The molecule has 0 radical (unpaired) electrons. The summed E-state index contributed by atoms with van der Waals surface area (Å²) in [5.74, 6) is -2.41. The van der Waals surface area contributed by atoms with E-state index in [0.29, 0.717) is 16.4 Å². The number of para-hydroxylation sites is 1. The number of halogens is 1. The minimum atomic E-state index is -1.13. The Kier molecular flexibility index (Phi) is 4.99. The summed E-state index contributed by atoms with van der Waals surface area (Å²) in [6.07, 6.45) is -1.13. The summed E-state index contributed by atoms with van der Waals surface area (Å²) in [6.45, 7) is 0. The van der Waals surface area contributed by atoms with Gasteiger partial charge in [-0.3, -0.25) is 24.5 Å². The number of imide groups is 1. The predicted octanol–water partition coefficient (Wildman–Crippen LogP) is 4.00. The van der Waals surface area contributed by atoms with Gasteiger partial charge in [-0.2, -0.15) is 0 Å². The summed E-state index contributed by atoms with van der Waals surface area (Å²) in [5, 5.41) is 23.6. The lowest BCUT2D eigenvalue weighted by Gasteiger charge is -2.29. The molecule has 2 amide bonds. The van der Waals surface area contributed by atoms with Crippen LogP contribution >= 0.6 is 11.6 Å². The number of fused-ring (bicyclic) bond motifs is 1. The number of carbonyl (C=O) groups is 2. The van der Waals surface area contributed by atoms with Crippen molar-refractivity contribution in [2.75, 3.05) is 9.96 Å². The van der Waals surface area contributed by atoms with Gasteiger partial charge in [0.15, 0.2) is 6.10 Å². The fourth-order valence-electron chi connectivity index (χ4n) is 4.27. The quantitative estimate of drug-likeness (QED) is 0.352. The second-order valence-corrected chi connectivity index (χ2v) is 8.08. The number of hydroxylamine groups is 1. The van der Waals surface area contributed by atoms with E-state index in [2.05, 4.69) is 0 Å². The summed E-state index contributed by atoms with van der Waals surface area (Å²) < 4.78 is 0. The number of hydrogen-bond acceptors (Lipinski definition) is 7. The Morgan fingerprint density at radius 1 is 0.939 bits per heavy atom. The minimum absolute atomic E-state index is 0.232. The van der Waals surface area contributed by atoms with Crippen LogP contribution in [0.2, 0.25) is 5.02 Å². The van der Waals surface area contributed by atoms with Gasteiger partial charge in [0.1, 0.15) is 11.7 Å². The fraction of sp³-hybridized carbons (Fsp3) is 0.130. The molecule has 3 atom stereocenters. The first-order valence-electron chi connectivity index (χ1n) is 9.98. The highest BCUT2D eigenvalue weighted by atomic mass is 35.5. The van der Waals surface area contributed by atoms with Crippen molar-refractivity contribution >= 4 is 40.5 Å². The first kappa shape index (κ1) is 20.9. The molecule has 2 fully saturated rings. The normalized spacial score (nSPS) is 22.0. The van der Waals surface area contributed by atoms with Crippen LogP contribution in [-0.2, 0) is 14.4 Å². The van der Waals surface area contributed by atoms with E-state index in [9.17, 15) is 24.8 Å². The SMILES string of the molecule is O=C1[C@H]2[C@@H](c3ccc([N+](=O)[O-])cc3O)N(c3ccccc3)O[C@H]2C(=O)N1c1ccc(Cl)cc1. The number of benzene rings is 3. The summed E-state index contributed by atoms with van der Waals surface area (Å²) in [6, 6.07) is 17.8. The number of anilines is 2. The van der Waals surface area contributed by atoms with Gasteiger partial charge in [-0.05, 0) is 42.5 Å². The van der Waals surface area contributed by atoms with Gasteiger partial charge >= 0.3 is 0 Å². The topological polar surface area (TPSA) is 113 Å². The largest absolute Gasteiger partial charge is 0.507 e. The van der Waals surface area contributed by atoms with Crippen LogP contribution in [0.4, 0.5) is 17.1 Å². The Hall–Kier alpha value is -3.95. The first-order valence-corrected chi connectivity index (χ1v) is 10.4. The third-order valence-corrected chi connectivity index (χ3v) is 6.01. The van der Waals surface area contributed by atoms with Crippen LogP contribution in [0.5, 0.6) is 5.75 Å². The molecule has 2 heterocycles. The Morgan fingerprint density at radius 3 is 2.27 bits per heavy atom. The second-order valence-electron chi connectivity index (χ2n) is 7.65. The zero-order valence-electron chi connectivity index (χ0n) is 16.9. The molecule has 0 spiro atoms. The molecule has 33 heavy (non-hydrogen) atoms. The number of carbonyl (C=O) groups excluding carboxylic acids is 2. The van der Waals surface area contributed by atoms with Gasteiger partial charge in [0.05, 0.1) is 28.4 Å². The molecule has 3 aromatic rings. The van der Waals surface area contributed by atoms with E-state index in [1.54, 1.807) is 54.6 Å². The lowest BCUT2D eigenvalue weighted by Crippen LogP contribution is -2.37. The standard InChI is InChI=1S/C23H16ClN3O6/c24-13-6-8-14(9-7-13)25-22(29)19-20(17-11-10-16(27(31)32)12-18(17)28)26(33-21(19)23(25)30)15-4-2-1-3-5-15/h1-12,19-21,28H/t19-,20+,21+/m0/s1. The van der Waals surface area contributed by atoms with Gasteiger partial charge in [-0.15, -0.1) is 0 Å². The van der Waals surface area contributed by atoms with Crippen molar-refractivity contribution in [3.05, 3.63) is 93.5 Å². The molecule has 10 heteroatoms. The van der Waals surface area contributed by atoms with E-state index in [-0.39, 0.29) is 17.0 Å². The van der Waals surface area contributed by atoms with Crippen LogP contribution in [0.25, 0.3) is 0 Å².